The number of hydrogen-bond acceptors (Lipinski definition) is 6. The molecule has 1 N–H and O–H groups in total. The van der Waals surface area contributed by atoms with Gasteiger partial charge in [-0.3, -0.25) is 4.79 Å². The molecular weight excluding hydrogens is 384 g/mol. The standard InChI is InChI=1S/C20H19ClN2O5/c1-4-27-16-10-12(9-14(21)17(16)28-11(2)20(25)26-3)18-22-15-8-6-5-7-13(15)19(24)23-18/h5-11H,4H2,1-3H3,(H,22,23,24). The number of carbonyl (C=O) groups excluding carboxylic acids is 1. The number of para-hydroxylation sites is 1. The highest BCUT2D eigenvalue weighted by Crippen LogP contribution is 2.39. The van der Waals surface area contributed by atoms with Crippen LogP contribution in [0.15, 0.2) is 41.2 Å². The zero-order chi connectivity index (χ0) is 20.3. The van der Waals surface area contributed by atoms with E-state index in [4.69, 9.17) is 21.1 Å². The van der Waals surface area contributed by atoms with Crippen molar-refractivity contribution in [2.24, 2.45) is 0 Å². The molecule has 3 rings (SSSR count). The molecule has 1 unspecified atom stereocenters. The van der Waals surface area contributed by atoms with E-state index in [0.717, 1.165) is 0 Å². The molecule has 1 aromatic heterocycles. The third-order valence-electron chi connectivity index (χ3n) is 4.02. The Kier molecular flexibility index (Phi) is 5.84. The van der Waals surface area contributed by atoms with Crippen LogP contribution in [0.2, 0.25) is 5.02 Å². The Hall–Kier alpha value is -3.06. The molecule has 0 aliphatic carbocycles. The second-order valence-electron chi connectivity index (χ2n) is 5.93. The molecule has 28 heavy (non-hydrogen) atoms. The molecule has 2 aromatic carbocycles. The highest BCUT2D eigenvalue weighted by atomic mass is 35.5. The fraction of sp³-hybridized carbons (Fsp3) is 0.250. The fourth-order valence-corrected chi connectivity index (χ4v) is 2.95. The molecule has 0 radical (unpaired) electrons. The number of halogens is 1. The second kappa shape index (κ2) is 8.31. The lowest BCUT2D eigenvalue weighted by Gasteiger charge is -2.18. The van der Waals surface area contributed by atoms with Crippen LogP contribution < -0.4 is 15.0 Å². The maximum atomic E-state index is 12.4. The van der Waals surface area contributed by atoms with E-state index in [9.17, 15) is 9.59 Å². The van der Waals surface area contributed by atoms with Gasteiger partial charge in [-0.2, -0.15) is 0 Å². The van der Waals surface area contributed by atoms with Gasteiger partial charge in [-0.05, 0) is 38.1 Å². The lowest BCUT2D eigenvalue weighted by atomic mass is 10.1. The van der Waals surface area contributed by atoms with Crippen molar-refractivity contribution in [3.05, 3.63) is 51.8 Å². The van der Waals surface area contributed by atoms with Crippen molar-refractivity contribution in [1.29, 1.82) is 0 Å². The maximum absolute atomic E-state index is 12.4. The molecule has 0 aliphatic rings. The van der Waals surface area contributed by atoms with Crippen molar-refractivity contribution < 1.29 is 19.0 Å². The van der Waals surface area contributed by atoms with Gasteiger partial charge >= 0.3 is 5.97 Å². The summed E-state index contributed by atoms with van der Waals surface area (Å²) in [5, 5.41) is 0.710. The van der Waals surface area contributed by atoms with Gasteiger partial charge in [0.25, 0.3) is 5.56 Å². The number of benzene rings is 2. The number of hydrogen-bond donors (Lipinski definition) is 1. The summed E-state index contributed by atoms with van der Waals surface area (Å²) in [4.78, 5) is 31.3. The second-order valence-corrected chi connectivity index (χ2v) is 6.34. The van der Waals surface area contributed by atoms with Crippen LogP contribution in [0.3, 0.4) is 0 Å². The molecule has 0 bridgehead atoms. The highest BCUT2D eigenvalue weighted by Gasteiger charge is 2.21. The van der Waals surface area contributed by atoms with Gasteiger partial charge in [-0.1, -0.05) is 23.7 Å². The Labute approximate surface area is 166 Å². The van der Waals surface area contributed by atoms with Crippen LogP contribution in [0.25, 0.3) is 22.3 Å². The Morgan fingerprint density at radius 1 is 1.29 bits per heavy atom. The van der Waals surface area contributed by atoms with Gasteiger partial charge < -0.3 is 19.2 Å². The molecule has 0 amide bonds. The first kappa shape index (κ1) is 19.7. The first-order chi connectivity index (χ1) is 13.4. The highest BCUT2D eigenvalue weighted by molar-refractivity contribution is 6.32. The molecule has 146 valence electrons. The van der Waals surface area contributed by atoms with Crippen LogP contribution in [0, 0.1) is 0 Å². The van der Waals surface area contributed by atoms with Gasteiger partial charge in [0.1, 0.15) is 5.82 Å². The van der Waals surface area contributed by atoms with E-state index in [0.29, 0.717) is 34.6 Å². The number of fused-ring (bicyclic) bond motifs is 1. The summed E-state index contributed by atoms with van der Waals surface area (Å²) in [6, 6.07) is 10.3. The average Bonchev–Trinajstić information content (AvgIpc) is 2.69. The summed E-state index contributed by atoms with van der Waals surface area (Å²) in [7, 11) is 1.28. The predicted molar refractivity (Wildman–Crippen MR) is 106 cm³/mol. The van der Waals surface area contributed by atoms with Crippen LogP contribution in [0.4, 0.5) is 0 Å². The number of aromatic amines is 1. The minimum Gasteiger partial charge on any atom is -0.490 e. The van der Waals surface area contributed by atoms with Gasteiger partial charge in [0.2, 0.25) is 0 Å². The molecule has 1 heterocycles. The number of nitrogens with one attached hydrogen (secondary N) is 1. The zero-order valence-electron chi connectivity index (χ0n) is 15.6. The minimum absolute atomic E-state index is 0.215. The molecule has 1 atom stereocenters. The largest absolute Gasteiger partial charge is 0.490 e. The lowest BCUT2D eigenvalue weighted by Crippen LogP contribution is -2.25. The van der Waals surface area contributed by atoms with E-state index in [-0.39, 0.29) is 16.3 Å². The zero-order valence-corrected chi connectivity index (χ0v) is 16.4. The summed E-state index contributed by atoms with van der Waals surface area (Å²) in [5.74, 6) is 0.354. The summed E-state index contributed by atoms with van der Waals surface area (Å²) in [6.07, 6.45) is -0.869. The van der Waals surface area contributed by atoms with E-state index in [2.05, 4.69) is 14.7 Å². The number of carbonyl (C=O) groups is 1. The van der Waals surface area contributed by atoms with Crippen LogP contribution >= 0.6 is 11.6 Å². The molecular formula is C20H19ClN2O5. The Balaban J connectivity index is 2.08. The Morgan fingerprint density at radius 3 is 2.75 bits per heavy atom. The monoisotopic (exact) mass is 402 g/mol. The Morgan fingerprint density at radius 2 is 2.04 bits per heavy atom. The van der Waals surface area contributed by atoms with Crippen molar-refractivity contribution in [2.45, 2.75) is 20.0 Å². The van der Waals surface area contributed by atoms with Crippen LogP contribution in [-0.2, 0) is 9.53 Å². The summed E-state index contributed by atoms with van der Waals surface area (Å²) < 4.78 is 15.9. The molecule has 0 saturated heterocycles. The molecule has 0 fully saturated rings. The smallest absolute Gasteiger partial charge is 0.346 e. The summed E-state index contributed by atoms with van der Waals surface area (Å²) in [6.45, 7) is 3.71. The number of esters is 1. The average molecular weight is 403 g/mol. The van der Waals surface area contributed by atoms with E-state index >= 15 is 0 Å². The molecule has 7 nitrogen and oxygen atoms in total. The SMILES string of the molecule is CCOc1cc(-c2nc3ccccc3c(=O)[nH]2)cc(Cl)c1OC(C)C(=O)OC. The minimum atomic E-state index is -0.869. The lowest BCUT2D eigenvalue weighted by molar-refractivity contribution is -0.147. The number of aromatic nitrogens is 2. The predicted octanol–water partition coefficient (Wildman–Crippen LogP) is 3.58. The van der Waals surface area contributed by atoms with Gasteiger partial charge in [0.05, 0.1) is 29.6 Å². The normalized spacial score (nSPS) is 11.9. The van der Waals surface area contributed by atoms with E-state index in [1.165, 1.54) is 7.11 Å². The Bertz CT molecular complexity index is 1080. The number of methoxy groups -OCH3 is 1. The van der Waals surface area contributed by atoms with Crippen LogP contribution in [0.1, 0.15) is 13.8 Å². The van der Waals surface area contributed by atoms with Gasteiger partial charge in [0.15, 0.2) is 17.6 Å². The van der Waals surface area contributed by atoms with Crippen LogP contribution in [-0.4, -0.2) is 35.8 Å². The maximum Gasteiger partial charge on any atom is 0.346 e. The van der Waals surface area contributed by atoms with Crippen molar-refractivity contribution in [2.75, 3.05) is 13.7 Å². The summed E-state index contributed by atoms with van der Waals surface area (Å²) >= 11 is 6.39. The first-order valence-electron chi connectivity index (χ1n) is 8.64. The first-order valence-corrected chi connectivity index (χ1v) is 9.02. The number of H-pyrrole nitrogens is 1. The molecule has 0 aliphatic heterocycles. The fourth-order valence-electron chi connectivity index (χ4n) is 2.70. The third-order valence-corrected chi connectivity index (χ3v) is 4.30. The number of nitrogens with zero attached hydrogens (tertiary/aromatic N) is 1. The molecule has 0 spiro atoms. The van der Waals surface area contributed by atoms with Crippen molar-refractivity contribution >= 4 is 28.5 Å². The van der Waals surface area contributed by atoms with Crippen molar-refractivity contribution in [3.8, 4) is 22.9 Å². The van der Waals surface area contributed by atoms with Crippen molar-refractivity contribution in [3.63, 3.8) is 0 Å². The molecule has 8 heteroatoms. The molecule has 0 saturated carbocycles. The van der Waals surface area contributed by atoms with E-state index < -0.39 is 12.1 Å². The topological polar surface area (TPSA) is 90.5 Å². The number of ether oxygens (including phenoxy) is 3. The quantitative estimate of drug-likeness (QED) is 0.634. The third kappa shape index (κ3) is 3.94. The molecule has 3 aromatic rings. The van der Waals surface area contributed by atoms with Crippen LogP contribution in [0.5, 0.6) is 11.5 Å². The van der Waals surface area contributed by atoms with Gasteiger partial charge in [-0.25, -0.2) is 9.78 Å². The van der Waals surface area contributed by atoms with Gasteiger partial charge in [0, 0.05) is 5.56 Å². The van der Waals surface area contributed by atoms with E-state index in [1.807, 2.05) is 13.0 Å². The summed E-state index contributed by atoms with van der Waals surface area (Å²) in [5.41, 5.74) is 0.860. The number of rotatable bonds is 6. The van der Waals surface area contributed by atoms with Gasteiger partial charge in [-0.15, -0.1) is 0 Å². The van der Waals surface area contributed by atoms with E-state index in [1.54, 1.807) is 37.3 Å². The van der Waals surface area contributed by atoms with Crippen molar-refractivity contribution in [1.82, 2.24) is 9.97 Å².